The minimum absolute atomic E-state index is 0.0106. The average molecular weight is 521 g/mol. The molecule has 0 fully saturated rings. The fourth-order valence-electron chi connectivity index (χ4n) is 3.53. The molecule has 1 aliphatic rings. The predicted octanol–water partition coefficient (Wildman–Crippen LogP) is 5.84. The molecule has 0 bridgehead atoms. The molecule has 13 heteroatoms. The van der Waals surface area contributed by atoms with Gasteiger partial charge in [-0.25, -0.2) is 17.2 Å². The van der Waals surface area contributed by atoms with Crippen LogP contribution >= 0.6 is 0 Å². The molecule has 0 atom stereocenters. The Balaban J connectivity index is 1.81. The fraction of sp³-hybridized carbons (Fsp3) is 0.182. The smallest absolute Gasteiger partial charge is 0.416 e. The van der Waals surface area contributed by atoms with Gasteiger partial charge >= 0.3 is 12.8 Å². The Morgan fingerprint density at radius 3 is 2.43 bits per heavy atom. The van der Waals surface area contributed by atoms with Gasteiger partial charge in [0, 0.05) is 11.6 Å². The third-order valence-corrected chi connectivity index (χ3v) is 6.87. The van der Waals surface area contributed by atoms with E-state index in [1.165, 1.54) is 12.1 Å². The van der Waals surface area contributed by atoms with E-state index in [2.05, 4.69) is 4.74 Å². The van der Waals surface area contributed by atoms with Crippen molar-refractivity contribution in [2.24, 2.45) is 0 Å². The van der Waals surface area contributed by atoms with Crippen LogP contribution in [-0.2, 0) is 16.2 Å². The Morgan fingerprint density at radius 1 is 1.00 bits per heavy atom. The molecule has 0 spiro atoms. The first kappa shape index (κ1) is 24.6. The highest BCUT2D eigenvalue weighted by Gasteiger charge is 2.35. The predicted molar refractivity (Wildman–Crippen MR) is 110 cm³/mol. The standard InChI is InChI=1S/C22H14F7NO4S/c23-14-10-16(20(24)19(11-14)34-21(25)26)12-4-5-18-17(8-12)30(6-7-33-18)35(31,32)15-3-1-2-13(9-15)22(27,28)29/h1-5,8-11,21H,6-7H2. The lowest BCUT2D eigenvalue weighted by molar-refractivity contribution is -0.137. The second kappa shape index (κ2) is 8.95. The van der Waals surface area contributed by atoms with Crippen LogP contribution in [0.5, 0.6) is 11.5 Å². The summed E-state index contributed by atoms with van der Waals surface area (Å²) < 4.78 is 130. The van der Waals surface area contributed by atoms with Gasteiger partial charge in [0.05, 0.1) is 22.7 Å². The molecule has 0 amide bonds. The van der Waals surface area contributed by atoms with Crippen molar-refractivity contribution in [3.05, 3.63) is 71.8 Å². The molecule has 0 N–H and O–H groups in total. The van der Waals surface area contributed by atoms with Gasteiger partial charge in [-0.1, -0.05) is 12.1 Å². The topological polar surface area (TPSA) is 55.8 Å². The van der Waals surface area contributed by atoms with Crippen molar-refractivity contribution in [2.75, 3.05) is 17.5 Å². The second-order valence-electron chi connectivity index (χ2n) is 7.28. The van der Waals surface area contributed by atoms with Crippen LogP contribution < -0.4 is 13.8 Å². The van der Waals surface area contributed by atoms with E-state index in [-0.39, 0.29) is 30.2 Å². The average Bonchev–Trinajstić information content (AvgIpc) is 2.79. The number of hydrogen-bond donors (Lipinski definition) is 0. The molecule has 0 saturated carbocycles. The first-order valence-corrected chi connectivity index (χ1v) is 11.2. The number of alkyl halides is 5. The minimum Gasteiger partial charge on any atom is -0.489 e. The van der Waals surface area contributed by atoms with Crippen LogP contribution in [0.25, 0.3) is 11.1 Å². The first-order chi connectivity index (χ1) is 16.4. The molecule has 5 nitrogen and oxygen atoms in total. The fourth-order valence-corrected chi connectivity index (χ4v) is 5.02. The van der Waals surface area contributed by atoms with Crippen molar-refractivity contribution in [1.29, 1.82) is 0 Å². The van der Waals surface area contributed by atoms with E-state index >= 15 is 0 Å². The van der Waals surface area contributed by atoms with E-state index in [9.17, 15) is 39.2 Å². The van der Waals surface area contributed by atoms with Gasteiger partial charge in [-0.05, 0) is 42.0 Å². The van der Waals surface area contributed by atoms with E-state index in [0.717, 1.165) is 28.6 Å². The monoisotopic (exact) mass is 521 g/mol. The van der Waals surface area contributed by atoms with Crippen LogP contribution in [-0.4, -0.2) is 28.2 Å². The highest BCUT2D eigenvalue weighted by atomic mass is 32.2. The third kappa shape index (κ3) is 4.85. The van der Waals surface area contributed by atoms with E-state index in [1.807, 2.05) is 0 Å². The minimum atomic E-state index is -4.78. The second-order valence-corrected chi connectivity index (χ2v) is 9.14. The van der Waals surface area contributed by atoms with Gasteiger partial charge in [-0.15, -0.1) is 0 Å². The lowest BCUT2D eigenvalue weighted by atomic mass is 10.0. The van der Waals surface area contributed by atoms with Crippen molar-refractivity contribution < 1.29 is 48.6 Å². The van der Waals surface area contributed by atoms with E-state index in [0.29, 0.717) is 18.2 Å². The van der Waals surface area contributed by atoms with Crippen LogP contribution in [0.2, 0.25) is 0 Å². The number of hydrogen-bond acceptors (Lipinski definition) is 4. The maximum Gasteiger partial charge on any atom is 0.416 e. The third-order valence-electron chi connectivity index (χ3n) is 5.06. The SMILES string of the molecule is O=S(=O)(c1cccc(C(F)(F)F)c1)N1CCOc2ccc(-c3cc(F)cc(OC(F)F)c3F)cc21. The largest absolute Gasteiger partial charge is 0.489 e. The van der Waals surface area contributed by atoms with Gasteiger partial charge in [-0.2, -0.15) is 22.0 Å². The number of fused-ring (bicyclic) bond motifs is 1. The summed E-state index contributed by atoms with van der Waals surface area (Å²) in [4.78, 5) is -0.643. The van der Waals surface area contributed by atoms with Crippen LogP contribution in [0.1, 0.15) is 5.56 Å². The van der Waals surface area contributed by atoms with Crippen molar-refractivity contribution in [3.8, 4) is 22.6 Å². The first-order valence-electron chi connectivity index (χ1n) is 9.79. The summed E-state index contributed by atoms with van der Waals surface area (Å²) in [5.74, 6) is -3.47. The van der Waals surface area contributed by atoms with Crippen molar-refractivity contribution >= 4 is 15.7 Å². The number of halogens is 7. The zero-order valence-corrected chi connectivity index (χ0v) is 18.1. The van der Waals surface area contributed by atoms with E-state index < -0.39 is 56.2 Å². The van der Waals surface area contributed by atoms with Gasteiger partial charge in [-0.3, -0.25) is 4.31 Å². The molecule has 0 radical (unpaired) electrons. The van der Waals surface area contributed by atoms with Crippen molar-refractivity contribution in [3.63, 3.8) is 0 Å². The highest BCUT2D eigenvalue weighted by Crippen LogP contribution is 2.41. The molecule has 0 saturated heterocycles. The normalized spacial score (nSPS) is 14.0. The molecule has 0 aromatic heterocycles. The molecule has 4 rings (SSSR count). The summed E-state index contributed by atoms with van der Waals surface area (Å²) in [6.07, 6.45) is -4.78. The van der Waals surface area contributed by atoms with Crippen LogP contribution in [0.4, 0.5) is 36.4 Å². The lowest BCUT2D eigenvalue weighted by Crippen LogP contribution is -2.38. The Hall–Kier alpha value is -3.48. The maximum absolute atomic E-state index is 14.8. The molecule has 1 aliphatic heterocycles. The quantitative estimate of drug-likeness (QED) is 0.396. The van der Waals surface area contributed by atoms with Crippen molar-refractivity contribution in [1.82, 2.24) is 0 Å². The summed E-state index contributed by atoms with van der Waals surface area (Å²) >= 11 is 0. The number of nitrogens with zero attached hydrogens (tertiary/aromatic N) is 1. The van der Waals surface area contributed by atoms with Crippen LogP contribution in [0.3, 0.4) is 0 Å². The maximum atomic E-state index is 14.8. The zero-order chi connectivity index (χ0) is 25.5. The summed E-state index contributed by atoms with van der Waals surface area (Å²) in [5, 5.41) is 0. The van der Waals surface area contributed by atoms with Gasteiger partial charge in [0.25, 0.3) is 10.0 Å². The Labute approximate surface area is 194 Å². The summed E-state index contributed by atoms with van der Waals surface area (Å²) in [7, 11) is -4.54. The molecule has 35 heavy (non-hydrogen) atoms. The van der Waals surface area contributed by atoms with Crippen molar-refractivity contribution in [2.45, 2.75) is 17.7 Å². The Bertz CT molecular complexity index is 1380. The Morgan fingerprint density at radius 2 is 1.74 bits per heavy atom. The Kier molecular flexibility index (Phi) is 6.30. The van der Waals surface area contributed by atoms with E-state index in [1.54, 1.807) is 0 Å². The van der Waals surface area contributed by atoms with Gasteiger partial charge in [0.1, 0.15) is 18.2 Å². The molecule has 0 aliphatic carbocycles. The summed E-state index contributed by atoms with van der Waals surface area (Å²) in [5.41, 5.74) is -1.96. The highest BCUT2D eigenvalue weighted by molar-refractivity contribution is 7.92. The lowest BCUT2D eigenvalue weighted by Gasteiger charge is -2.31. The van der Waals surface area contributed by atoms with Crippen LogP contribution in [0, 0.1) is 11.6 Å². The van der Waals surface area contributed by atoms with Gasteiger partial charge in [0.2, 0.25) is 0 Å². The summed E-state index contributed by atoms with van der Waals surface area (Å²) in [6, 6.07) is 7.85. The number of benzene rings is 3. The van der Waals surface area contributed by atoms with Crippen LogP contribution in [0.15, 0.2) is 59.5 Å². The zero-order valence-electron chi connectivity index (χ0n) is 17.3. The summed E-state index contributed by atoms with van der Waals surface area (Å²) in [6.45, 7) is -3.85. The number of anilines is 1. The molecule has 0 unspecified atom stereocenters. The molecular weight excluding hydrogens is 507 g/mol. The van der Waals surface area contributed by atoms with Gasteiger partial charge in [0.15, 0.2) is 11.6 Å². The number of sulfonamides is 1. The molecule has 186 valence electrons. The number of ether oxygens (including phenoxy) is 2. The van der Waals surface area contributed by atoms with E-state index in [4.69, 9.17) is 4.74 Å². The molecule has 1 heterocycles. The van der Waals surface area contributed by atoms with Gasteiger partial charge < -0.3 is 9.47 Å². The molecule has 3 aromatic carbocycles. The molecular formula is C22H14F7NO4S. The molecule has 3 aromatic rings. The number of rotatable bonds is 5.